The Morgan fingerprint density at radius 2 is 1.93 bits per heavy atom. The SMILES string of the molecule is Cc1cc(=O)n(CC2CC2)c2cc(OCC(=O)Nc3ccc(F)cc3)ccc12. The van der Waals surface area contributed by atoms with E-state index in [2.05, 4.69) is 5.32 Å². The topological polar surface area (TPSA) is 60.3 Å². The van der Waals surface area contributed by atoms with E-state index < -0.39 is 0 Å². The summed E-state index contributed by atoms with van der Waals surface area (Å²) in [6.07, 6.45) is 2.31. The fourth-order valence-electron chi connectivity index (χ4n) is 3.24. The van der Waals surface area contributed by atoms with Crippen molar-refractivity contribution in [3.8, 4) is 5.75 Å². The van der Waals surface area contributed by atoms with Crippen LogP contribution in [0.15, 0.2) is 53.3 Å². The van der Waals surface area contributed by atoms with Crippen LogP contribution >= 0.6 is 0 Å². The largest absolute Gasteiger partial charge is 0.484 e. The fraction of sp³-hybridized carbons (Fsp3) is 0.273. The number of nitrogens with one attached hydrogen (secondary N) is 1. The molecule has 1 N–H and O–H groups in total. The molecule has 0 bridgehead atoms. The minimum Gasteiger partial charge on any atom is -0.484 e. The highest BCUT2D eigenvalue weighted by Crippen LogP contribution is 2.32. The van der Waals surface area contributed by atoms with Gasteiger partial charge in [0.25, 0.3) is 11.5 Å². The molecule has 0 radical (unpaired) electrons. The molecule has 1 amide bonds. The maximum absolute atomic E-state index is 12.9. The zero-order chi connectivity index (χ0) is 19.7. The van der Waals surface area contributed by atoms with Crippen LogP contribution in [0.3, 0.4) is 0 Å². The molecule has 1 fully saturated rings. The van der Waals surface area contributed by atoms with E-state index in [0.29, 0.717) is 23.9 Å². The van der Waals surface area contributed by atoms with Gasteiger partial charge in [0.1, 0.15) is 11.6 Å². The molecule has 1 aromatic heterocycles. The van der Waals surface area contributed by atoms with Crippen LogP contribution in [0, 0.1) is 18.7 Å². The predicted molar refractivity (Wildman–Crippen MR) is 106 cm³/mol. The minimum atomic E-state index is -0.363. The Labute approximate surface area is 161 Å². The number of carbonyl (C=O) groups excluding carboxylic acids is 1. The number of pyridine rings is 1. The van der Waals surface area contributed by atoms with Gasteiger partial charge in [0.15, 0.2) is 6.61 Å². The molecule has 5 nitrogen and oxygen atoms in total. The number of hydrogen-bond acceptors (Lipinski definition) is 3. The molecule has 1 aliphatic carbocycles. The van der Waals surface area contributed by atoms with Crippen LogP contribution < -0.4 is 15.6 Å². The number of nitrogens with zero attached hydrogens (tertiary/aromatic N) is 1. The van der Waals surface area contributed by atoms with Crippen LogP contribution in [0.5, 0.6) is 5.75 Å². The quantitative estimate of drug-likeness (QED) is 0.706. The van der Waals surface area contributed by atoms with E-state index in [1.807, 2.05) is 19.1 Å². The maximum Gasteiger partial charge on any atom is 0.262 e. The van der Waals surface area contributed by atoms with Gasteiger partial charge in [-0.05, 0) is 67.6 Å². The monoisotopic (exact) mass is 380 g/mol. The van der Waals surface area contributed by atoms with E-state index in [4.69, 9.17) is 4.74 Å². The molecule has 3 aromatic rings. The molecule has 1 heterocycles. The van der Waals surface area contributed by atoms with Crippen LogP contribution in [0.25, 0.3) is 10.9 Å². The molecule has 4 rings (SSSR count). The Hall–Kier alpha value is -3.15. The number of aryl methyl sites for hydroxylation is 1. The highest BCUT2D eigenvalue weighted by Gasteiger charge is 2.23. The summed E-state index contributed by atoms with van der Waals surface area (Å²) in [5.41, 5.74) is 2.24. The average molecular weight is 380 g/mol. The van der Waals surface area contributed by atoms with Crippen molar-refractivity contribution >= 4 is 22.5 Å². The van der Waals surface area contributed by atoms with Gasteiger partial charge in [0.2, 0.25) is 0 Å². The number of benzene rings is 2. The fourth-order valence-corrected chi connectivity index (χ4v) is 3.24. The number of rotatable bonds is 6. The third-order valence-electron chi connectivity index (χ3n) is 4.93. The van der Waals surface area contributed by atoms with Crippen molar-refractivity contribution in [1.82, 2.24) is 4.57 Å². The summed E-state index contributed by atoms with van der Waals surface area (Å²) in [7, 11) is 0. The third-order valence-corrected chi connectivity index (χ3v) is 4.93. The van der Waals surface area contributed by atoms with E-state index in [1.54, 1.807) is 16.7 Å². The van der Waals surface area contributed by atoms with Crippen molar-refractivity contribution in [3.63, 3.8) is 0 Å². The van der Waals surface area contributed by atoms with Crippen molar-refractivity contribution in [3.05, 3.63) is 70.3 Å². The number of amides is 1. The lowest BCUT2D eigenvalue weighted by Crippen LogP contribution is -2.22. The zero-order valence-corrected chi connectivity index (χ0v) is 15.6. The second kappa shape index (κ2) is 7.46. The number of aromatic nitrogens is 1. The molecule has 1 saturated carbocycles. The zero-order valence-electron chi connectivity index (χ0n) is 15.6. The lowest BCUT2D eigenvalue weighted by molar-refractivity contribution is -0.118. The number of fused-ring (bicyclic) bond motifs is 1. The van der Waals surface area contributed by atoms with E-state index in [-0.39, 0.29) is 23.9 Å². The summed E-state index contributed by atoms with van der Waals surface area (Å²) in [5.74, 6) is 0.384. The maximum atomic E-state index is 12.9. The van der Waals surface area contributed by atoms with Gasteiger partial charge in [0.05, 0.1) is 5.52 Å². The van der Waals surface area contributed by atoms with Gasteiger partial charge in [-0.3, -0.25) is 9.59 Å². The summed E-state index contributed by atoms with van der Waals surface area (Å²) < 4.78 is 20.4. The van der Waals surface area contributed by atoms with Crippen LogP contribution in [-0.4, -0.2) is 17.1 Å². The lowest BCUT2D eigenvalue weighted by atomic mass is 10.1. The van der Waals surface area contributed by atoms with Gasteiger partial charge in [-0.15, -0.1) is 0 Å². The van der Waals surface area contributed by atoms with Crippen molar-refractivity contribution < 1.29 is 13.9 Å². The molecule has 0 spiro atoms. The first-order valence-electron chi connectivity index (χ1n) is 9.32. The normalized spacial score (nSPS) is 13.5. The van der Waals surface area contributed by atoms with E-state index in [1.165, 1.54) is 24.3 Å². The molecule has 1 aliphatic rings. The standard InChI is InChI=1S/C22H21FN2O3/c1-14-10-22(27)25(12-15-2-3-15)20-11-18(8-9-19(14)20)28-13-21(26)24-17-6-4-16(23)5-7-17/h4-11,15H,2-3,12-13H2,1H3,(H,24,26). The van der Waals surface area contributed by atoms with Gasteiger partial charge >= 0.3 is 0 Å². The molecule has 28 heavy (non-hydrogen) atoms. The molecule has 144 valence electrons. The summed E-state index contributed by atoms with van der Waals surface area (Å²) in [4.78, 5) is 24.5. The Morgan fingerprint density at radius 3 is 2.64 bits per heavy atom. The van der Waals surface area contributed by atoms with Crippen LogP contribution in [0.1, 0.15) is 18.4 Å². The van der Waals surface area contributed by atoms with Crippen molar-refractivity contribution in [2.24, 2.45) is 5.92 Å². The average Bonchev–Trinajstić information content (AvgIpc) is 3.49. The Bertz CT molecular complexity index is 1090. The number of carbonyl (C=O) groups is 1. The van der Waals surface area contributed by atoms with Gasteiger partial charge in [0, 0.05) is 29.8 Å². The summed E-state index contributed by atoms with van der Waals surface area (Å²) in [5, 5.41) is 3.66. The first-order valence-corrected chi connectivity index (χ1v) is 9.32. The Kier molecular flexibility index (Phi) is 4.86. The molecule has 0 unspecified atom stereocenters. The van der Waals surface area contributed by atoms with Crippen molar-refractivity contribution in [2.45, 2.75) is 26.3 Å². The second-order valence-corrected chi connectivity index (χ2v) is 7.24. The molecule has 0 atom stereocenters. The van der Waals surface area contributed by atoms with Crippen LogP contribution in [0.2, 0.25) is 0 Å². The third kappa shape index (κ3) is 4.06. The Balaban J connectivity index is 1.51. The molecular formula is C22H21FN2O3. The van der Waals surface area contributed by atoms with Gasteiger partial charge in [-0.25, -0.2) is 4.39 Å². The lowest BCUT2D eigenvalue weighted by Gasteiger charge is -2.14. The number of hydrogen-bond donors (Lipinski definition) is 1. The van der Waals surface area contributed by atoms with Crippen LogP contribution in [-0.2, 0) is 11.3 Å². The molecule has 2 aromatic carbocycles. The van der Waals surface area contributed by atoms with E-state index >= 15 is 0 Å². The van der Waals surface area contributed by atoms with E-state index in [0.717, 1.165) is 29.3 Å². The smallest absolute Gasteiger partial charge is 0.262 e. The van der Waals surface area contributed by atoms with Crippen molar-refractivity contribution in [1.29, 1.82) is 0 Å². The predicted octanol–water partition coefficient (Wildman–Crippen LogP) is 3.88. The van der Waals surface area contributed by atoms with Gasteiger partial charge in [-0.2, -0.15) is 0 Å². The molecule has 6 heteroatoms. The minimum absolute atomic E-state index is 0.0110. The number of halogens is 1. The highest BCUT2D eigenvalue weighted by atomic mass is 19.1. The molecule has 0 saturated heterocycles. The van der Waals surface area contributed by atoms with Crippen molar-refractivity contribution in [2.75, 3.05) is 11.9 Å². The summed E-state index contributed by atoms with van der Waals surface area (Å²) >= 11 is 0. The van der Waals surface area contributed by atoms with Crippen LogP contribution in [0.4, 0.5) is 10.1 Å². The highest BCUT2D eigenvalue weighted by molar-refractivity contribution is 5.92. The first-order chi connectivity index (χ1) is 13.5. The Morgan fingerprint density at radius 1 is 1.18 bits per heavy atom. The number of anilines is 1. The molecular weight excluding hydrogens is 359 g/mol. The van der Waals surface area contributed by atoms with Gasteiger partial charge < -0.3 is 14.6 Å². The number of ether oxygens (including phenoxy) is 1. The van der Waals surface area contributed by atoms with E-state index in [9.17, 15) is 14.0 Å². The van der Waals surface area contributed by atoms with Gasteiger partial charge in [-0.1, -0.05) is 0 Å². The molecule has 0 aliphatic heterocycles. The first kappa shape index (κ1) is 18.2. The summed E-state index contributed by atoms with van der Waals surface area (Å²) in [6.45, 7) is 2.45. The second-order valence-electron chi connectivity index (χ2n) is 7.24. The summed E-state index contributed by atoms with van der Waals surface area (Å²) in [6, 6.07) is 12.7.